The highest BCUT2D eigenvalue weighted by atomic mass is 16.5. The van der Waals surface area contributed by atoms with Crippen molar-refractivity contribution in [3.63, 3.8) is 0 Å². The molecule has 0 amide bonds. The molecule has 10 heteroatoms. The highest BCUT2D eigenvalue weighted by Gasteiger charge is 2.83. The number of fused-ring (bicyclic) bond motifs is 9. The minimum Gasteiger partial charge on any atom is -0.454 e. The number of aldehydes is 1. The summed E-state index contributed by atoms with van der Waals surface area (Å²) in [6.45, 7) is 5.96. The Balaban J connectivity index is 1.31. The number of aliphatic hydroxyl groups is 6. The normalized spacial score (nSPS) is 46.9. The number of hydrogen-bond acceptors (Lipinski definition) is 10. The van der Waals surface area contributed by atoms with Crippen molar-refractivity contribution in [2.45, 2.75) is 133 Å². The number of ether oxygens (including phenoxy) is 1. The fourth-order valence-corrected chi connectivity index (χ4v) is 12.9. The molecule has 6 aliphatic rings. The number of carbonyl (C=O) groups is 2. The molecule has 0 saturated heterocycles. The second kappa shape index (κ2) is 12.5. The molecule has 0 bridgehead atoms. The lowest BCUT2D eigenvalue weighted by Gasteiger charge is -2.71. The van der Waals surface area contributed by atoms with Gasteiger partial charge in [0, 0.05) is 41.7 Å². The van der Waals surface area contributed by atoms with Crippen molar-refractivity contribution < 1.29 is 45.0 Å². The van der Waals surface area contributed by atoms with E-state index in [9.17, 15) is 40.2 Å². The monoisotopic (exact) mass is 695 g/mol. The predicted octanol–water partition coefficient (Wildman–Crippen LogP) is 2.58. The molecule has 10 nitrogen and oxygen atoms in total. The highest BCUT2D eigenvalue weighted by Crippen LogP contribution is 2.75. The molecule has 1 aromatic rings. The molecule has 1 aromatic carbocycles. The molecule has 7 N–H and O–H groups in total. The van der Waals surface area contributed by atoms with Crippen molar-refractivity contribution in [2.24, 2.45) is 46.3 Å². The molecule has 5 fully saturated rings. The summed E-state index contributed by atoms with van der Waals surface area (Å²) in [5, 5.41) is 76.2. The first kappa shape index (κ1) is 36.2. The lowest BCUT2D eigenvalue weighted by molar-refractivity contribution is -0.364. The van der Waals surface area contributed by atoms with Crippen molar-refractivity contribution in [1.29, 1.82) is 0 Å². The van der Waals surface area contributed by atoms with Gasteiger partial charge in [0.2, 0.25) is 0 Å². The number of carbonyl (C=O) groups excluding carboxylic acids is 2. The lowest BCUT2D eigenvalue weighted by atomic mass is 9.36. The Hall–Kier alpha value is -2.18. The van der Waals surface area contributed by atoms with E-state index in [-0.39, 0.29) is 68.4 Å². The van der Waals surface area contributed by atoms with E-state index in [4.69, 9.17) is 4.74 Å². The van der Waals surface area contributed by atoms with Gasteiger partial charge < -0.3 is 45.5 Å². The van der Waals surface area contributed by atoms with Gasteiger partial charge in [-0.05, 0) is 92.9 Å². The lowest BCUT2D eigenvalue weighted by Crippen LogP contribution is -2.84. The Morgan fingerprint density at radius 1 is 1.06 bits per heavy atom. The smallest absolute Gasteiger partial charge is 0.331 e. The van der Waals surface area contributed by atoms with Gasteiger partial charge in [0.15, 0.2) is 0 Å². The van der Waals surface area contributed by atoms with Gasteiger partial charge in [0.05, 0.1) is 29.8 Å². The number of esters is 1. The number of benzene rings is 1. The minimum absolute atomic E-state index is 0.0698. The molecule has 7 rings (SSSR count). The van der Waals surface area contributed by atoms with Crippen LogP contribution in [-0.4, -0.2) is 91.1 Å². The molecule has 0 spiro atoms. The maximum Gasteiger partial charge on any atom is 0.331 e. The average Bonchev–Trinajstić information content (AvgIpc) is 3.57. The standard InChI is InChI=1S/C40H57NO9/c1-22(2)9-10-29-35(46)40(49)31(37(21-43)14-11-26(44)19-38(29,37)47)12-13-36(3)33-25(18-39(36,40)48)15-27(34-28(33)17-32(45)50-34)30(41-4)16-23-7-5-6-8-24(23)20-42/h5-8,17,21-22,25-27,29-31,33-35,41-42,44,46-49H,9-16,18-20H2,1-4H3. The number of rotatable bonds is 9. The van der Waals surface area contributed by atoms with E-state index in [1.54, 1.807) is 6.08 Å². The first-order valence-corrected chi connectivity index (χ1v) is 18.9. The first-order valence-electron chi connectivity index (χ1n) is 18.9. The van der Waals surface area contributed by atoms with Crippen LogP contribution in [-0.2, 0) is 27.4 Å². The Kier molecular flexibility index (Phi) is 9.02. The second-order valence-electron chi connectivity index (χ2n) is 17.6. The summed E-state index contributed by atoms with van der Waals surface area (Å²) in [6, 6.07) is 7.60. The molecule has 1 aliphatic heterocycles. The van der Waals surface area contributed by atoms with Crippen LogP contribution in [0.5, 0.6) is 0 Å². The maximum atomic E-state index is 13.5. The van der Waals surface area contributed by atoms with Gasteiger partial charge in [-0.25, -0.2) is 4.79 Å². The predicted molar refractivity (Wildman–Crippen MR) is 184 cm³/mol. The van der Waals surface area contributed by atoms with Crippen LogP contribution in [0.25, 0.3) is 0 Å². The molecule has 50 heavy (non-hydrogen) atoms. The second-order valence-corrected chi connectivity index (χ2v) is 17.6. The van der Waals surface area contributed by atoms with Crippen molar-refractivity contribution in [2.75, 3.05) is 7.05 Å². The highest BCUT2D eigenvalue weighted by molar-refractivity contribution is 5.86. The molecular weight excluding hydrogens is 638 g/mol. The quantitative estimate of drug-likeness (QED) is 0.150. The number of aliphatic hydroxyl groups excluding tert-OH is 3. The van der Waals surface area contributed by atoms with E-state index in [0.29, 0.717) is 32.1 Å². The van der Waals surface area contributed by atoms with Crippen molar-refractivity contribution in [1.82, 2.24) is 5.32 Å². The largest absolute Gasteiger partial charge is 0.454 e. The zero-order chi connectivity index (χ0) is 36.0. The molecule has 5 aliphatic carbocycles. The van der Waals surface area contributed by atoms with Crippen LogP contribution in [0.1, 0.15) is 89.7 Å². The van der Waals surface area contributed by atoms with E-state index < -0.39 is 63.8 Å². The summed E-state index contributed by atoms with van der Waals surface area (Å²) in [7, 11) is 1.88. The average molecular weight is 696 g/mol. The Morgan fingerprint density at radius 2 is 1.78 bits per heavy atom. The van der Waals surface area contributed by atoms with Crippen LogP contribution in [0, 0.1) is 46.3 Å². The summed E-state index contributed by atoms with van der Waals surface area (Å²) in [6.07, 6.45) is 2.77. The zero-order valence-electron chi connectivity index (χ0n) is 29.9. The Bertz CT molecular complexity index is 1530. The molecule has 0 aromatic heterocycles. The third kappa shape index (κ3) is 4.71. The zero-order valence-corrected chi connectivity index (χ0v) is 29.9. The summed E-state index contributed by atoms with van der Waals surface area (Å²) >= 11 is 0. The first-order chi connectivity index (χ1) is 23.7. The van der Waals surface area contributed by atoms with Gasteiger partial charge in [-0.15, -0.1) is 0 Å². The number of hydrogen-bond donors (Lipinski definition) is 7. The molecule has 14 atom stereocenters. The topological polar surface area (TPSA) is 177 Å². The van der Waals surface area contributed by atoms with Gasteiger partial charge >= 0.3 is 5.97 Å². The van der Waals surface area contributed by atoms with Crippen LogP contribution < -0.4 is 5.32 Å². The summed E-state index contributed by atoms with van der Waals surface area (Å²) in [4.78, 5) is 26.6. The van der Waals surface area contributed by atoms with Crippen molar-refractivity contribution in [3.05, 3.63) is 47.0 Å². The minimum atomic E-state index is -2.13. The van der Waals surface area contributed by atoms with Gasteiger partial charge in [-0.3, -0.25) is 0 Å². The van der Waals surface area contributed by atoms with E-state index in [0.717, 1.165) is 23.0 Å². The van der Waals surface area contributed by atoms with Gasteiger partial charge in [0.25, 0.3) is 0 Å². The molecule has 5 saturated carbocycles. The van der Waals surface area contributed by atoms with Gasteiger partial charge in [0.1, 0.15) is 23.6 Å². The Labute approximate surface area is 295 Å². The molecular formula is C40H57NO9. The van der Waals surface area contributed by atoms with Crippen molar-refractivity contribution in [3.8, 4) is 0 Å². The third-order valence-corrected chi connectivity index (χ3v) is 15.2. The van der Waals surface area contributed by atoms with E-state index in [2.05, 4.69) is 5.32 Å². The third-order valence-electron chi connectivity index (χ3n) is 15.2. The van der Waals surface area contributed by atoms with Crippen LogP contribution in [0.2, 0.25) is 0 Å². The summed E-state index contributed by atoms with van der Waals surface area (Å²) in [5.41, 5.74) is -5.52. The van der Waals surface area contributed by atoms with Crippen LogP contribution >= 0.6 is 0 Å². The van der Waals surface area contributed by atoms with E-state index >= 15 is 0 Å². The molecule has 0 radical (unpaired) electrons. The molecule has 14 unspecified atom stereocenters. The van der Waals surface area contributed by atoms with E-state index in [1.165, 1.54) is 0 Å². The van der Waals surface area contributed by atoms with Crippen LogP contribution in [0.4, 0.5) is 0 Å². The van der Waals surface area contributed by atoms with Crippen LogP contribution in [0.15, 0.2) is 35.9 Å². The van der Waals surface area contributed by atoms with Gasteiger partial charge in [-0.2, -0.15) is 0 Å². The SMILES string of the molecule is CNC(Cc1ccccc1CO)C1CC2CC3(O)C(C)(CCC4C5(C=O)CCC(O)CC5(O)C(CCC(C)C)C(O)C43O)C2C2=CC(=O)OC21. The number of likely N-dealkylation sites (N-methyl/N-ethyl adjacent to an activating group) is 1. The van der Waals surface area contributed by atoms with Crippen molar-refractivity contribution >= 4 is 12.3 Å². The fraction of sp³-hybridized carbons (Fsp3) is 0.750. The summed E-state index contributed by atoms with van der Waals surface area (Å²) < 4.78 is 6.05. The molecule has 1 heterocycles. The Morgan fingerprint density at radius 3 is 2.44 bits per heavy atom. The fourth-order valence-electron chi connectivity index (χ4n) is 12.9. The van der Waals surface area contributed by atoms with Crippen LogP contribution in [0.3, 0.4) is 0 Å². The summed E-state index contributed by atoms with van der Waals surface area (Å²) in [5.74, 6) is -2.73. The van der Waals surface area contributed by atoms with E-state index in [1.807, 2.05) is 52.1 Å². The number of nitrogens with one attached hydrogen (secondary N) is 1. The maximum absolute atomic E-state index is 13.5. The van der Waals surface area contributed by atoms with Gasteiger partial charge in [-0.1, -0.05) is 51.5 Å². The molecule has 276 valence electrons.